The average Bonchev–Trinajstić information content (AvgIpc) is 2.70. The van der Waals surface area contributed by atoms with Crippen LogP contribution in [0.1, 0.15) is 29.6 Å². The number of sulfone groups is 1. The molecule has 1 aliphatic rings. The molecule has 1 saturated heterocycles. The van der Waals surface area contributed by atoms with Crippen LogP contribution in [0.2, 0.25) is 0 Å². The van der Waals surface area contributed by atoms with Crippen LogP contribution in [0.15, 0.2) is 6.20 Å². The first-order valence-electron chi connectivity index (χ1n) is 4.59. The van der Waals surface area contributed by atoms with E-state index < -0.39 is 15.1 Å². The highest BCUT2D eigenvalue weighted by molar-refractivity contribution is 7.91. The zero-order valence-corrected chi connectivity index (χ0v) is 8.55. The van der Waals surface area contributed by atoms with E-state index in [1.165, 1.54) is 0 Å². The van der Waals surface area contributed by atoms with E-state index in [0.717, 1.165) is 6.42 Å². The number of hydrogen-bond donors (Lipinski definition) is 2. The Morgan fingerprint density at radius 2 is 2.43 bits per heavy atom. The van der Waals surface area contributed by atoms with Crippen LogP contribution in [-0.2, 0) is 16.4 Å². The van der Waals surface area contributed by atoms with Crippen LogP contribution in [0.25, 0.3) is 0 Å². The molecule has 0 amide bonds. The van der Waals surface area contributed by atoms with Crippen molar-refractivity contribution in [2.45, 2.75) is 24.6 Å². The first-order valence-corrected chi connectivity index (χ1v) is 6.30. The van der Waals surface area contributed by atoms with Gasteiger partial charge in [-0.3, -0.25) is 0 Å². The molecule has 0 saturated carbocycles. The van der Waals surface area contributed by atoms with Gasteiger partial charge in [-0.1, -0.05) is 0 Å². The van der Waals surface area contributed by atoms with E-state index in [0.29, 0.717) is 24.5 Å². The van der Waals surface area contributed by atoms with Gasteiger partial charge in [-0.15, -0.1) is 0 Å². The number of aromatic nitrogens is 2. The van der Waals surface area contributed by atoms with Gasteiger partial charge in [0, 0.05) is 6.20 Å². The summed E-state index contributed by atoms with van der Waals surface area (Å²) in [5.74, 6) is 0.927. The number of nitrogens with one attached hydrogen (secondary N) is 1. The second kappa shape index (κ2) is 3.36. The molecule has 0 spiro atoms. The highest BCUT2D eigenvalue weighted by atomic mass is 32.2. The molecular weight excluding hydrogens is 202 g/mol. The van der Waals surface area contributed by atoms with E-state index in [4.69, 9.17) is 5.73 Å². The van der Waals surface area contributed by atoms with Crippen molar-refractivity contribution in [1.82, 2.24) is 9.97 Å². The summed E-state index contributed by atoms with van der Waals surface area (Å²) >= 11 is 0. The minimum Gasteiger partial charge on any atom is -0.344 e. The Morgan fingerprint density at radius 1 is 1.64 bits per heavy atom. The zero-order valence-electron chi connectivity index (χ0n) is 7.73. The van der Waals surface area contributed by atoms with E-state index in [9.17, 15) is 8.42 Å². The Bertz CT molecular complexity index is 424. The lowest BCUT2D eigenvalue weighted by Gasteiger charge is -2.05. The molecule has 0 aromatic carbocycles. The van der Waals surface area contributed by atoms with E-state index in [1.807, 2.05) is 0 Å². The Hall–Kier alpha value is -0.880. The van der Waals surface area contributed by atoms with Crippen LogP contribution in [0, 0.1) is 0 Å². The zero-order chi connectivity index (χ0) is 10.2. The molecule has 3 N–H and O–H groups in total. The molecule has 1 aromatic rings. The fourth-order valence-corrected chi connectivity index (χ4v) is 3.67. The van der Waals surface area contributed by atoms with E-state index >= 15 is 0 Å². The summed E-state index contributed by atoms with van der Waals surface area (Å²) in [6.07, 6.45) is 3.01. The molecule has 0 radical (unpaired) electrons. The fourth-order valence-electron chi connectivity index (χ4n) is 1.79. The maximum absolute atomic E-state index is 11.6. The van der Waals surface area contributed by atoms with Crippen LogP contribution < -0.4 is 5.73 Å². The highest BCUT2D eigenvalue weighted by Gasteiger charge is 2.33. The average molecular weight is 215 g/mol. The monoisotopic (exact) mass is 215 g/mol. The highest BCUT2D eigenvalue weighted by Crippen LogP contribution is 2.33. The second-order valence-corrected chi connectivity index (χ2v) is 5.79. The van der Waals surface area contributed by atoms with Crippen molar-refractivity contribution in [3.05, 3.63) is 17.7 Å². The molecule has 1 aromatic heterocycles. The van der Waals surface area contributed by atoms with Gasteiger partial charge in [0.1, 0.15) is 11.1 Å². The lowest BCUT2D eigenvalue weighted by Crippen LogP contribution is -2.08. The van der Waals surface area contributed by atoms with Crippen LogP contribution in [0.4, 0.5) is 0 Å². The minimum atomic E-state index is -2.95. The maximum Gasteiger partial charge on any atom is 0.158 e. The largest absolute Gasteiger partial charge is 0.344 e. The lowest BCUT2D eigenvalue weighted by molar-refractivity contribution is 0.591. The van der Waals surface area contributed by atoms with Gasteiger partial charge in [0.15, 0.2) is 9.84 Å². The van der Waals surface area contributed by atoms with Gasteiger partial charge in [-0.05, 0) is 12.8 Å². The third-order valence-corrected chi connectivity index (χ3v) is 4.73. The molecular formula is C8H13N3O2S. The normalized spacial score (nSPS) is 25.4. The standard InChI is InChI=1S/C8H13N3O2S/c9-4-8-10-5-6(11-8)7-2-1-3-14(7,12)13/h5,7H,1-4,9H2,(H,10,11). The van der Waals surface area contributed by atoms with Crippen molar-refractivity contribution in [3.8, 4) is 0 Å². The number of H-pyrrole nitrogens is 1. The summed E-state index contributed by atoms with van der Waals surface area (Å²) in [6, 6.07) is 0. The predicted molar refractivity (Wildman–Crippen MR) is 52.2 cm³/mol. The van der Waals surface area contributed by atoms with E-state index in [2.05, 4.69) is 9.97 Å². The molecule has 2 rings (SSSR count). The number of imidazole rings is 1. The third-order valence-electron chi connectivity index (χ3n) is 2.52. The van der Waals surface area contributed by atoms with Crippen LogP contribution in [-0.4, -0.2) is 24.1 Å². The molecule has 2 heterocycles. The Kier molecular flexibility index (Phi) is 2.32. The van der Waals surface area contributed by atoms with Gasteiger partial charge < -0.3 is 10.7 Å². The minimum absolute atomic E-state index is 0.286. The van der Waals surface area contributed by atoms with E-state index in [-0.39, 0.29) is 5.75 Å². The van der Waals surface area contributed by atoms with Crippen LogP contribution in [0.3, 0.4) is 0 Å². The molecule has 0 bridgehead atoms. The van der Waals surface area contributed by atoms with Gasteiger partial charge in [-0.25, -0.2) is 13.4 Å². The van der Waals surface area contributed by atoms with Crippen molar-refractivity contribution >= 4 is 9.84 Å². The number of nitrogens with two attached hydrogens (primary N) is 1. The Labute approximate surface area is 82.6 Å². The van der Waals surface area contributed by atoms with Crippen molar-refractivity contribution in [2.75, 3.05) is 5.75 Å². The molecule has 1 fully saturated rings. The quantitative estimate of drug-likeness (QED) is 0.733. The van der Waals surface area contributed by atoms with E-state index in [1.54, 1.807) is 6.20 Å². The first kappa shape index (κ1) is 9.67. The van der Waals surface area contributed by atoms with Crippen molar-refractivity contribution < 1.29 is 8.42 Å². The van der Waals surface area contributed by atoms with Crippen molar-refractivity contribution in [3.63, 3.8) is 0 Å². The SMILES string of the molecule is NCc1ncc(C2CCCS2(=O)=O)[nH]1. The van der Waals surface area contributed by atoms with Gasteiger partial charge in [0.05, 0.1) is 18.0 Å². The summed E-state index contributed by atoms with van der Waals surface area (Å²) in [7, 11) is -2.95. The summed E-state index contributed by atoms with van der Waals surface area (Å²) in [4.78, 5) is 6.94. The van der Waals surface area contributed by atoms with Gasteiger partial charge in [-0.2, -0.15) is 0 Å². The molecule has 1 unspecified atom stereocenters. The van der Waals surface area contributed by atoms with Crippen LogP contribution in [0.5, 0.6) is 0 Å². The number of nitrogens with zero attached hydrogens (tertiary/aromatic N) is 1. The number of aromatic amines is 1. The summed E-state index contributed by atoms with van der Waals surface area (Å²) in [5.41, 5.74) is 6.07. The molecule has 5 nitrogen and oxygen atoms in total. The first-order chi connectivity index (χ1) is 6.63. The summed E-state index contributed by atoms with van der Waals surface area (Å²) < 4.78 is 23.2. The summed E-state index contributed by atoms with van der Waals surface area (Å²) in [5, 5.41) is -0.393. The molecule has 0 aliphatic carbocycles. The van der Waals surface area contributed by atoms with Crippen molar-refractivity contribution in [1.29, 1.82) is 0 Å². The van der Waals surface area contributed by atoms with Gasteiger partial charge in [0.25, 0.3) is 0 Å². The predicted octanol–water partition coefficient (Wildman–Crippen LogP) is 0.118. The molecule has 1 aliphatic heterocycles. The summed E-state index contributed by atoms with van der Waals surface area (Å²) in [6.45, 7) is 0.312. The second-order valence-electron chi connectivity index (χ2n) is 3.49. The van der Waals surface area contributed by atoms with Gasteiger partial charge in [0.2, 0.25) is 0 Å². The maximum atomic E-state index is 11.6. The lowest BCUT2D eigenvalue weighted by atomic mass is 10.2. The molecule has 14 heavy (non-hydrogen) atoms. The smallest absolute Gasteiger partial charge is 0.158 e. The molecule has 78 valence electrons. The Balaban J connectivity index is 2.31. The Morgan fingerprint density at radius 3 is 2.93 bits per heavy atom. The number of rotatable bonds is 2. The third kappa shape index (κ3) is 1.55. The number of hydrogen-bond acceptors (Lipinski definition) is 4. The molecule has 6 heteroatoms. The topological polar surface area (TPSA) is 88.8 Å². The van der Waals surface area contributed by atoms with Crippen LogP contribution >= 0.6 is 0 Å². The molecule has 1 atom stereocenters. The van der Waals surface area contributed by atoms with Gasteiger partial charge >= 0.3 is 0 Å². The fraction of sp³-hybridized carbons (Fsp3) is 0.625. The van der Waals surface area contributed by atoms with Crippen molar-refractivity contribution in [2.24, 2.45) is 5.73 Å².